The van der Waals surface area contributed by atoms with E-state index in [-0.39, 0.29) is 0 Å². The van der Waals surface area contributed by atoms with Crippen molar-refractivity contribution in [3.8, 4) is 45.4 Å². The maximum absolute atomic E-state index is 5.45. The molecular weight excluding hydrogens is 368 g/mol. The molecule has 0 saturated heterocycles. The molecule has 29 heavy (non-hydrogen) atoms. The highest BCUT2D eigenvalue weighted by Gasteiger charge is 2.13. The Morgan fingerprint density at radius 3 is 1.86 bits per heavy atom. The molecule has 148 valence electrons. The number of aromatic nitrogens is 2. The normalized spacial score (nSPS) is 10.8. The Balaban J connectivity index is 1.82. The van der Waals surface area contributed by atoms with Crippen molar-refractivity contribution < 1.29 is 18.9 Å². The summed E-state index contributed by atoms with van der Waals surface area (Å²) in [5.74, 6) is 2.74. The minimum absolute atomic E-state index is 0.678. The predicted molar refractivity (Wildman–Crippen MR) is 113 cm³/mol. The minimum Gasteiger partial charge on any atom is -0.493 e. The number of fused-ring (bicyclic) bond motifs is 1. The molecule has 0 aliphatic carbocycles. The van der Waals surface area contributed by atoms with Gasteiger partial charge in [0.1, 0.15) is 0 Å². The van der Waals surface area contributed by atoms with E-state index in [9.17, 15) is 0 Å². The number of ether oxygens (including phenoxy) is 4. The molecule has 0 spiro atoms. The van der Waals surface area contributed by atoms with E-state index in [1.165, 1.54) is 0 Å². The number of aromatic amines is 1. The molecule has 0 fully saturated rings. The summed E-state index contributed by atoms with van der Waals surface area (Å²) < 4.78 is 21.6. The molecule has 2 aromatic heterocycles. The van der Waals surface area contributed by atoms with Gasteiger partial charge in [0.15, 0.2) is 23.0 Å². The second-order valence-corrected chi connectivity index (χ2v) is 6.46. The van der Waals surface area contributed by atoms with Gasteiger partial charge in [-0.25, -0.2) is 0 Å². The first-order chi connectivity index (χ1) is 14.2. The summed E-state index contributed by atoms with van der Waals surface area (Å²) in [6, 6.07) is 13.8. The summed E-state index contributed by atoms with van der Waals surface area (Å²) in [4.78, 5) is 7.95. The highest BCUT2D eigenvalue weighted by molar-refractivity contribution is 5.96. The highest BCUT2D eigenvalue weighted by Crippen LogP contribution is 2.37. The van der Waals surface area contributed by atoms with Gasteiger partial charge in [-0.3, -0.25) is 4.98 Å². The Morgan fingerprint density at radius 1 is 0.655 bits per heavy atom. The number of hydrogen-bond donors (Lipinski definition) is 1. The summed E-state index contributed by atoms with van der Waals surface area (Å²) in [7, 11) is 6.51. The quantitative estimate of drug-likeness (QED) is 0.506. The lowest BCUT2D eigenvalue weighted by atomic mass is 10.0. The first kappa shape index (κ1) is 18.7. The number of pyridine rings is 1. The molecule has 0 bridgehead atoms. The third-order valence-corrected chi connectivity index (χ3v) is 4.93. The van der Waals surface area contributed by atoms with Crippen LogP contribution in [0.3, 0.4) is 0 Å². The average molecular weight is 390 g/mol. The second-order valence-electron chi connectivity index (χ2n) is 6.46. The van der Waals surface area contributed by atoms with E-state index in [2.05, 4.69) is 16.0 Å². The highest BCUT2D eigenvalue weighted by atomic mass is 16.5. The first-order valence-electron chi connectivity index (χ1n) is 9.10. The SMILES string of the molecule is COc1ccc(-c2cnc3c[nH]c(-c4ccc(OC)c(OC)c4)c3c2)cc1OC. The van der Waals surface area contributed by atoms with Gasteiger partial charge in [0.2, 0.25) is 0 Å². The fourth-order valence-corrected chi connectivity index (χ4v) is 3.41. The van der Waals surface area contributed by atoms with Gasteiger partial charge in [0, 0.05) is 28.9 Å². The van der Waals surface area contributed by atoms with Crippen LogP contribution in [0.2, 0.25) is 0 Å². The van der Waals surface area contributed by atoms with Crippen molar-refractivity contribution in [3.05, 3.63) is 54.9 Å². The summed E-state index contributed by atoms with van der Waals surface area (Å²) in [5, 5.41) is 1.02. The number of H-pyrrole nitrogens is 1. The molecule has 0 aliphatic heterocycles. The van der Waals surface area contributed by atoms with Gasteiger partial charge >= 0.3 is 0 Å². The summed E-state index contributed by atoms with van der Waals surface area (Å²) in [6.07, 6.45) is 3.76. The largest absolute Gasteiger partial charge is 0.493 e. The van der Waals surface area contributed by atoms with Crippen LogP contribution in [-0.4, -0.2) is 38.4 Å². The number of nitrogens with one attached hydrogen (secondary N) is 1. The maximum Gasteiger partial charge on any atom is 0.161 e. The van der Waals surface area contributed by atoms with Gasteiger partial charge in [-0.05, 0) is 42.0 Å². The third kappa shape index (κ3) is 3.33. The molecular formula is C23H22N2O4. The first-order valence-corrected chi connectivity index (χ1v) is 9.10. The van der Waals surface area contributed by atoms with E-state index < -0.39 is 0 Å². The lowest BCUT2D eigenvalue weighted by Gasteiger charge is -2.10. The smallest absolute Gasteiger partial charge is 0.161 e. The van der Waals surface area contributed by atoms with E-state index in [1.54, 1.807) is 28.4 Å². The van der Waals surface area contributed by atoms with E-state index in [4.69, 9.17) is 18.9 Å². The molecule has 6 nitrogen and oxygen atoms in total. The fourth-order valence-electron chi connectivity index (χ4n) is 3.41. The molecule has 1 N–H and O–H groups in total. The number of methoxy groups -OCH3 is 4. The van der Waals surface area contributed by atoms with Gasteiger partial charge in [-0.15, -0.1) is 0 Å². The Bertz CT molecular complexity index is 1170. The van der Waals surface area contributed by atoms with Gasteiger partial charge in [-0.2, -0.15) is 0 Å². The Morgan fingerprint density at radius 2 is 1.24 bits per heavy atom. The summed E-state index contributed by atoms with van der Waals surface area (Å²) in [5.41, 5.74) is 4.83. The predicted octanol–water partition coefficient (Wildman–Crippen LogP) is 4.93. The van der Waals surface area contributed by atoms with Crippen LogP contribution in [0.1, 0.15) is 0 Å². The van der Waals surface area contributed by atoms with Gasteiger partial charge in [0.05, 0.1) is 39.6 Å². The molecule has 2 aromatic carbocycles. The number of benzene rings is 2. The van der Waals surface area contributed by atoms with Crippen molar-refractivity contribution in [2.24, 2.45) is 0 Å². The van der Waals surface area contributed by atoms with Crippen LogP contribution >= 0.6 is 0 Å². The number of rotatable bonds is 6. The zero-order chi connectivity index (χ0) is 20.4. The summed E-state index contributed by atoms with van der Waals surface area (Å²) >= 11 is 0. The molecule has 4 rings (SSSR count). The zero-order valence-corrected chi connectivity index (χ0v) is 16.8. The Labute approximate surface area is 169 Å². The molecule has 0 amide bonds. The summed E-state index contributed by atoms with van der Waals surface area (Å²) in [6.45, 7) is 0. The molecule has 4 aromatic rings. The molecule has 0 radical (unpaired) electrons. The topological polar surface area (TPSA) is 65.6 Å². The van der Waals surface area contributed by atoms with Crippen molar-refractivity contribution in [3.63, 3.8) is 0 Å². The standard InChI is InChI=1S/C23H22N2O4/c1-26-19-7-5-14(10-21(19)28-3)16-9-17-18(24-12-16)13-25-23(17)15-6-8-20(27-2)22(11-15)29-4/h5-13,25H,1-4H3. The van der Waals surface area contributed by atoms with Crippen molar-refractivity contribution in [1.82, 2.24) is 9.97 Å². The van der Waals surface area contributed by atoms with Crippen LogP contribution in [-0.2, 0) is 0 Å². The molecule has 0 atom stereocenters. The van der Waals surface area contributed by atoms with Crippen molar-refractivity contribution >= 4 is 10.9 Å². The van der Waals surface area contributed by atoms with Gasteiger partial charge in [0.25, 0.3) is 0 Å². The maximum atomic E-state index is 5.45. The second kappa shape index (κ2) is 7.75. The van der Waals surface area contributed by atoms with E-state index >= 15 is 0 Å². The van der Waals surface area contributed by atoms with Crippen LogP contribution < -0.4 is 18.9 Å². The van der Waals surface area contributed by atoms with E-state index in [1.807, 2.05) is 48.8 Å². The van der Waals surface area contributed by atoms with Crippen molar-refractivity contribution in [2.45, 2.75) is 0 Å². The fraction of sp³-hybridized carbons (Fsp3) is 0.174. The minimum atomic E-state index is 0.678. The van der Waals surface area contributed by atoms with Crippen LogP contribution in [0.15, 0.2) is 54.9 Å². The van der Waals surface area contributed by atoms with Crippen LogP contribution in [0.5, 0.6) is 23.0 Å². The van der Waals surface area contributed by atoms with E-state index in [0.717, 1.165) is 33.3 Å². The van der Waals surface area contributed by atoms with Crippen LogP contribution in [0.4, 0.5) is 0 Å². The van der Waals surface area contributed by atoms with Crippen molar-refractivity contribution in [2.75, 3.05) is 28.4 Å². The molecule has 2 heterocycles. The lowest BCUT2D eigenvalue weighted by Crippen LogP contribution is -1.91. The molecule has 0 unspecified atom stereocenters. The average Bonchev–Trinajstić information content (AvgIpc) is 3.21. The number of hydrogen-bond acceptors (Lipinski definition) is 5. The zero-order valence-electron chi connectivity index (χ0n) is 16.8. The Kier molecular flexibility index (Phi) is 4.99. The Hall–Kier alpha value is -3.67. The molecule has 6 heteroatoms. The molecule has 0 saturated carbocycles. The lowest BCUT2D eigenvalue weighted by molar-refractivity contribution is 0.355. The molecule has 0 aliphatic rings. The van der Waals surface area contributed by atoms with Crippen LogP contribution in [0, 0.1) is 0 Å². The number of nitrogens with zero attached hydrogens (tertiary/aromatic N) is 1. The third-order valence-electron chi connectivity index (χ3n) is 4.93. The van der Waals surface area contributed by atoms with Gasteiger partial charge < -0.3 is 23.9 Å². The van der Waals surface area contributed by atoms with Crippen molar-refractivity contribution in [1.29, 1.82) is 0 Å². The van der Waals surface area contributed by atoms with E-state index in [0.29, 0.717) is 23.0 Å². The monoisotopic (exact) mass is 390 g/mol. The van der Waals surface area contributed by atoms with Crippen LogP contribution in [0.25, 0.3) is 33.3 Å². The van der Waals surface area contributed by atoms with Gasteiger partial charge in [-0.1, -0.05) is 6.07 Å².